The van der Waals surface area contributed by atoms with Gasteiger partial charge in [0, 0.05) is 23.3 Å². The standard InChI is InChI=1S/C15H19ClFN3/c1-11(2)6-18-7-14-9-20(10-19-14)8-12-5-13(16)3-4-15(12)17/h3-5,9-11,18H,6-8H2,1-2H3. The number of hydrogen-bond donors (Lipinski definition) is 1. The molecule has 0 saturated carbocycles. The first-order valence-electron chi connectivity index (χ1n) is 6.70. The summed E-state index contributed by atoms with van der Waals surface area (Å²) < 4.78 is 15.5. The van der Waals surface area contributed by atoms with Crippen molar-refractivity contribution in [1.82, 2.24) is 14.9 Å². The first-order chi connectivity index (χ1) is 9.54. The summed E-state index contributed by atoms with van der Waals surface area (Å²) in [5, 5.41) is 3.87. The molecule has 0 aliphatic heterocycles. The van der Waals surface area contributed by atoms with Crippen molar-refractivity contribution in [3.63, 3.8) is 0 Å². The minimum atomic E-state index is -0.248. The quantitative estimate of drug-likeness (QED) is 0.884. The van der Waals surface area contributed by atoms with Gasteiger partial charge in [-0.15, -0.1) is 0 Å². The molecule has 108 valence electrons. The Bertz CT molecular complexity index is 566. The SMILES string of the molecule is CC(C)CNCc1cn(Cc2cc(Cl)ccc2F)cn1. The zero-order chi connectivity index (χ0) is 14.5. The molecule has 0 fully saturated rings. The second kappa shape index (κ2) is 6.86. The number of benzene rings is 1. The predicted molar refractivity (Wildman–Crippen MR) is 79.3 cm³/mol. The van der Waals surface area contributed by atoms with Crippen LogP contribution in [0.4, 0.5) is 4.39 Å². The number of imidazole rings is 1. The van der Waals surface area contributed by atoms with E-state index in [1.807, 2.05) is 10.8 Å². The molecule has 1 aromatic carbocycles. The molecule has 20 heavy (non-hydrogen) atoms. The second-order valence-electron chi connectivity index (χ2n) is 5.30. The summed E-state index contributed by atoms with van der Waals surface area (Å²) in [6, 6.07) is 4.59. The van der Waals surface area contributed by atoms with Gasteiger partial charge in [0.1, 0.15) is 5.82 Å². The van der Waals surface area contributed by atoms with Gasteiger partial charge in [0.15, 0.2) is 0 Å². The smallest absolute Gasteiger partial charge is 0.128 e. The fourth-order valence-corrected chi connectivity index (χ4v) is 2.13. The Morgan fingerprint density at radius 2 is 2.20 bits per heavy atom. The van der Waals surface area contributed by atoms with Crippen molar-refractivity contribution in [2.45, 2.75) is 26.9 Å². The topological polar surface area (TPSA) is 29.9 Å². The summed E-state index contributed by atoms with van der Waals surface area (Å²) in [6.45, 7) is 6.43. The summed E-state index contributed by atoms with van der Waals surface area (Å²) >= 11 is 5.88. The van der Waals surface area contributed by atoms with E-state index in [0.29, 0.717) is 23.0 Å². The average molecular weight is 296 g/mol. The average Bonchev–Trinajstić information content (AvgIpc) is 2.81. The van der Waals surface area contributed by atoms with E-state index in [9.17, 15) is 4.39 Å². The monoisotopic (exact) mass is 295 g/mol. The van der Waals surface area contributed by atoms with Crippen molar-refractivity contribution in [2.75, 3.05) is 6.54 Å². The number of nitrogens with one attached hydrogen (secondary N) is 1. The van der Waals surface area contributed by atoms with E-state index in [2.05, 4.69) is 24.1 Å². The molecule has 1 heterocycles. The zero-order valence-electron chi connectivity index (χ0n) is 11.7. The summed E-state index contributed by atoms with van der Waals surface area (Å²) in [5.41, 5.74) is 1.52. The molecule has 0 amide bonds. The Hall–Kier alpha value is -1.39. The Kier molecular flexibility index (Phi) is 5.15. The Morgan fingerprint density at radius 3 is 2.95 bits per heavy atom. The minimum absolute atomic E-state index is 0.248. The molecule has 0 aliphatic rings. The molecule has 0 saturated heterocycles. The van der Waals surface area contributed by atoms with Crippen LogP contribution in [0.3, 0.4) is 0 Å². The van der Waals surface area contributed by atoms with Gasteiger partial charge in [-0.1, -0.05) is 25.4 Å². The number of aromatic nitrogens is 2. The van der Waals surface area contributed by atoms with Crippen molar-refractivity contribution in [3.05, 3.63) is 52.8 Å². The van der Waals surface area contributed by atoms with E-state index in [0.717, 1.165) is 18.8 Å². The van der Waals surface area contributed by atoms with Crippen molar-refractivity contribution in [3.8, 4) is 0 Å². The van der Waals surface area contributed by atoms with Gasteiger partial charge >= 0.3 is 0 Å². The van der Waals surface area contributed by atoms with Crippen LogP contribution in [0, 0.1) is 11.7 Å². The van der Waals surface area contributed by atoms with Gasteiger partial charge in [0.2, 0.25) is 0 Å². The molecule has 2 rings (SSSR count). The van der Waals surface area contributed by atoms with Crippen LogP contribution in [0.25, 0.3) is 0 Å². The lowest BCUT2D eigenvalue weighted by atomic mass is 10.2. The molecule has 0 atom stereocenters. The normalized spacial score (nSPS) is 11.2. The molecule has 0 bridgehead atoms. The lowest BCUT2D eigenvalue weighted by Gasteiger charge is -2.05. The number of rotatable bonds is 6. The van der Waals surface area contributed by atoms with Crippen molar-refractivity contribution >= 4 is 11.6 Å². The third-order valence-electron chi connectivity index (χ3n) is 2.91. The van der Waals surface area contributed by atoms with E-state index in [-0.39, 0.29) is 5.82 Å². The maximum atomic E-state index is 13.6. The highest BCUT2D eigenvalue weighted by Gasteiger charge is 2.05. The van der Waals surface area contributed by atoms with Gasteiger partial charge in [0.25, 0.3) is 0 Å². The van der Waals surface area contributed by atoms with Crippen molar-refractivity contribution in [2.24, 2.45) is 5.92 Å². The van der Waals surface area contributed by atoms with Crippen LogP contribution in [-0.2, 0) is 13.1 Å². The van der Waals surface area contributed by atoms with Crippen LogP contribution in [0.2, 0.25) is 5.02 Å². The number of halogens is 2. The molecule has 3 nitrogen and oxygen atoms in total. The summed E-state index contributed by atoms with van der Waals surface area (Å²) in [5.74, 6) is 0.361. The van der Waals surface area contributed by atoms with Crippen LogP contribution in [0.1, 0.15) is 25.1 Å². The molecular weight excluding hydrogens is 277 g/mol. The van der Waals surface area contributed by atoms with Crippen LogP contribution >= 0.6 is 11.6 Å². The molecule has 5 heteroatoms. The fraction of sp³-hybridized carbons (Fsp3) is 0.400. The summed E-state index contributed by atoms with van der Waals surface area (Å²) in [4.78, 5) is 4.31. The number of hydrogen-bond acceptors (Lipinski definition) is 2. The van der Waals surface area contributed by atoms with E-state index in [4.69, 9.17) is 11.6 Å². The van der Waals surface area contributed by atoms with Gasteiger partial charge in [-0.3, -0.25) is 0 Å². The zero-order valence-corrected chi connectivity index (χ0v) is 12.5. The highest BCUT2D eigenvalue weighted by atomic mass is 35.5. The maximum absolute atomic E-state index is 13.6. The molecule has 0 radical (unpaired) electrons. The van der Waals surface area contributed by atoms with Crippen LogP contribution in [-0.4, -0.2) is 16.1 Å². The molecule has 1 aromatic heterocycles. The van der Waals surface area contributed by atoms with Gasteiger partial charge < -0.3 is 9.88 Å². The first kappa shape index (κ1) is 15.0. The molecule has 0 spiro atoms. The Labute approximate surface area is 123 Å². The predicted octanol–water partition coefficient (Wildman–Crippen LogP) is 3.47. The molecular formula is C15H19ClFN3. The Morgan fingerprint density at radius 1 is 1.40 bits per heavy atom. The largest absolute Gasteiger partial charge is 0.333 e. The fourth-order valence-electron chi connectivity index (χ4n) is 1.93. The van der Waals surface area contributed by atoms with Gasteiger partial charge in [-0.25, -0.2) is 9.37 Å². The molecule has 0 unspecified atom stereocenters. The molecule has 2 aromatic rings. The highest BCUT2D eigenvalue weighted by molar-refractivity contribution is 6.30. The van der Waals surface area contributed by atoms with Crippen LogP contribution in [0.5, 0.6) is 0 Å². The van der Waals surface area contributed by atoms with Gasteiger partial charge in [-0.05, 0) is 30.7 Å². The lowest BCUT2D eigenvalue weighted by Crippen LogP contribution is -2.19. The van der Waals surface area contributed by atoms with Crippen molar-refractivity contribution < 1.29 is 4.39 Å². The number of nitrogens with zero attached hydrogens (tertiary/aromatic N) is 2. The van der Waals surface area contributed by atoms with Crippen LogP contribution < -0.4 is 5.32 Å². The maximum Gasteiger partial charge on any atom is 0.128 e. The van der Waals surface area contributed by atoms with Gasteiger partial charge in [0.05, 0.1) is 18.6 Å². The summed E-state index contributed by atoms with van der Waals surface area (Å²) in [7, 11) is 0. The van der Waals surface area contributed by atoms with E-state index < -0.39 is 0 Å². The van der Waals surface area contributed by atoms with E-state index in [1.165, 1.54) is 6.07 Å². The third kappa shape index (κ3) is 4.32. The molecule has 0 aliphatic carbocycles. The van der Waals surface area contributed by atoms with E-state index >= 15 is 0 Å². The summed E-state index contributed by atoms with van der Waals surface area (Å²) in [6.07, 6.45) is 3.64. The Balaban J connectivity index is 1.97. The van der Waals surface area contributed by atoms with E-state index in [1.54, 1.807) is 18.5 Å². The van der Waals surface area contributed by atoms with Crippen molar-refractivity contribution in [1.29, 1.82) is 0 Å². The highest BCUT2D eigenvalue weighted by Crippen LogP contribution is 2.16. The van der Waals surface area contributed by atoms with Crippen LogP contribution in [0.15, 0.2) is 30.7 Å². The minimum Gasteiger partial charge on any atom is -0.333 e. The molecule has 1 N–H and O–H groups in total. The lowest BCUT2D eigenvalue weighted by molar-refractivity contribution is 0.548. The third-order valence-corrected chi connectivity index (χ3v) is 3.14. The first-order valence-corrected chi connectivity index (χ1v) is 7.07. The second-order valence-corrected chi connectivity index (χ2v) is 5.73. The van der Waals surface area contributed by atoms with Gasteiger partial charge in [-0.2, -0.15) is 0 Å².